The number of ether oxygens (including phenoxy) is 2. The molecule has 0 unspecified atom stereocenters. The number of allylic oxidation sites excluding steroid dienone is 1. The molecule has 3 fully saturated rings. The summed E-state index contributed by atoms with van der Waals surface area (Å²) < 4.78 is 11.4. The number of Topliss-reactive ketones (excluding diaryl/α,β-unsaturated/α-hetero) is 1. The van der Waals surface area contributed by atoms with Crippen LogP contribution in [0.4, 0.5) is 0 Å². The average molecular weight is 417 g/mol. The second-order valence-corrected chi connectivity index (χ2v) is 10.7. The first-order chi connectivity index (χ1) is 14.0. The van der Waals surface area contributed by atoms with Crippen molar-refractivity contribution >= 4 is 17.7 Å². The summed E-state index contributed by atoms with van der Waals surface area (Å²) in [7, 11) is 0. The zero-order valence-electron chi connectivity index (χ0n) is 19.1. The molecule has 4 rings (SSSR count). The minimum Gasteiger partial charge on any atom is -0.462 e. The number of carbonyl (C=O) groups excluding carboxylic acids is 3. The van der Waals surface area contributed by atoms with Crippen LogP contribution in [0.3, 0.4) is 0 Å². The molecule has 0 aromatic carbocycles. The van der Waals surface area contributed by atoms with Crippen LogP contribution in [0.2, 0.25) is 0 Å². The smallest absolute Gasteiger partial charge is 0.303 e. The predicted octanol–water partition coefficient (Wildman–Crippen LogP) is 4.77. The lowest BCUT2D eigenvalue weighted by molar-refractivity contribution is -0.186. The fraction of sp³-hybridized carbons (Fsp3) is 0.800. The van der Waals surface area contributed by atoms with Crippen molar-refractivity contribution in [2.24, 2.45) is 28.6 Å². The van der Waals surface area contributed by atoms with Crippen LogP contribution in [0.5, 0.6) is 0 Å². The van der Waals surface area contributed by atoms with E-state index < -0.39 is 5.60 Å². The summed E-state index contributed by atoms with van der Waals surface area (Å²) in [5, 5.41) is 0. The normalized spacial score (nSPS) is 44.8. The molecule has 0 heterocycles. The maximum Gasteiger partial charge on any atom is 0.303 e. The van der Waals surface area contributed by atoms with Gasteiger partial charge in [-0.05, 0) is 75.0 Å². The van der Waals surface area contributed by atoms with Gasteiger partial charge in [0, 0.05) is 25.7 Å². The molecule has 0 radical (unpaired) electrons. The summed E-state index contributed by atoms with van der Waals surface area (Å²) >= 11 is 0. The van der Waals surface area contributed by atoms with Gasteiger partial charge in [0.05, 0.1) is 0 Å². The third kappa shape index (κ3) is 2.98. The number of hydrogen-bond donors (Lipinski definition) is 0. The van der Waals surface area contributed by atoms with Crippen LogP contribution in [-0.4, -0.2) is 29.4 Å². The topological polar surface area (TPSA) is 69.7 Å². The Morgan fingerprint density at radius 3 is 2.27 bits per heavy atom. The molecule has 3 saturated carbocycles. The molecule has 4 aliphatic rings. The Kier molecular flexibility index (Phi) is 5.18. The molecule has 30 heavy (non-hydrogen) atoms. The van der Waals surface area contributed by atoms with Crippen LogP contribution in [-0.2, 0) is 23.9 Å². The van der Waals surface area contributed by atoms with Gasteiger partial charge >= 0.3 is 11.9 Å². The van der Waals surface area contributed by atoms with Gasteiger partial charge in [-0.15, -0.1) is 0 Å². The van der Waals surface area contributed by atoms with Gasteiger partial charge < -0.3 is 9.47 Å². The molecular weight excluding hydrogens is 380 g/mol. The van der Waals surface area contributed by atoms with E-state index in [0.29, 0.717) is 24.2 Å². The number of esters is 2. The summed E-state index contributed by atoms with van der Waals surface area (Å²) in [5.41, 5.74) is 0.346. The highest BCUT2D eigenvalue weighted by Gasteiger charge is 2.67. The lowest BCUT2D eigenvalue weighted by Crippen LogP contribution is -2.58. The molecule has 0 bridgehead atoms. The van der Waals surface area contributed by atoms with Crippen LogP contribution in [0.25, 0.3) is 0 Å². The van der Waals surface area contributed by atoms with Gasteiger partial charge in [-0.2, -0.15) is 0 Å². The molecule has 0 saturated heterocycles. The predicted molar refractivity (Wildman–Crippen MR) is 112 cm³/mol. The van der Waals surface area contributed by atoms with Crippen molar-refractivity contribution < 1.29 is 23.9 Å². The molecule has 0 aliphatic heterocycles. The van der Waals surface area contributed by atoms with Gasteiger partial charge in [-0.3, -0.25) is 14.4 Å². The van der Waals surface area contributed by atoms with E-state index in [9.17, 15) is 14.4 Å². The van der Waals surface area contributed by atoms with E-state index in [1.165, 1.54) is 19.4 Å². The third-order valence-electron chi connectivity index (χ3n) is 9.40. The third-order valence-corrected chi connectivity index (χ3v) is 9.40. The Morgan fingerprint density at radius 1 is 0.933 bits per heavy atom. The van der Waals surface area contributed by atoms with E-state index in [4.69, 9.17) is 9.47 Å². The summed E-state index contributed by atoms with van der Waals surface area (Å²) in [6.07, 6.45) is 9.81. The second kappa shape index (κ2) is 7.20. The average Bonchev–Trinajstić information content (AvgIpc) is 2.94. The molecule has 5 nitrogen and oxygen atoms in total. The van der Waals surface area contributed by atoms with E-state index in [0.717, 1.165) is 44.9 Å². The van der Waals surface area contributed by atoms with Gasteiger partial charge in [0.25, 0.3) is 0 Å². The van der Waals surface area contributed by atoms with Crippen molar-refractivity contribution in [2.45, 2.75) is 97.7 Å². The second-order valence-electron chi connectivity index (χ2n) is 10.7. The molecule has 0 spiro atoms. The summed E-state index contributed by atoms with van der Waals surface area (Å²) in [6.45, 7) is 9.11. The Hall–Kier alpha value is -1.65. The van der Waals surface area contributed by atoms with Crippen molar-refractivity contribution in [1.29, 1.82) is 0 Å². The Balaban J connectivity index is 1.63. The van der Waals surface area contributed by atoms with Crippen LogP contribution < -0.4 is 0 Å². The van der Waals surface area contributed by atoms with Crippen LogP contribution in [0, 0.1) is 28.6 Å². The highest BCUT2D eigenvalue weighted by atomic mass is 16.6. The summed E-state index contributed by atoms with van der Waals surface area (Å²) in [5.74, 6) is 0.939. The van der Waals surface area contributed by atoms with Crippen molar-refractivity contribution in [1.82, 2.24) is 0 Å². The summed E-state index contributed by atoms with van der Waals surface area (Å²) in [6, 6.07) is 0. The zero-order chi connectivity index (χ0) is 21.9. The van der Waals surface area contributed by atoms with Crippen LogP contribution in [0.1, 0.15) is 86.0 Å². The SMILES string of the molecule is CC(=O)O[C@@H]1CC[C@@]2(C)C(=CC[C@@H]3[C@@H]2CC[C@@]2(C)[C@H]3CC[C@@]2(OC(C)=O)C(C)=O)C1. The lowest BCUT2D eigenvalue weighted by Gasteiger charge is -2.59. The Labute approximate surface area is 179 Å². The Bertz CT molecular complexity index is 799. The molecule has 0 aromatic rings. The largest absolute Gasteiger partial charge is 0.462 e. The number of hydrogen-bond acceptors (Lipinski definition) is 5. The van der Waals surface area contributed by atoms with Crippen molar-refractivity contribution in [3.05, 3.63) is 11.6 Å². The highest BCUT2D eigenvalue weighted by Crippen LogP contribution is 2.68. The van der Waals surface area contributed by atoms with Crippen molar-refractivity contribution in [2.75, 3.05) is 0 Å². The summed E-state index contributed by atoms with van der Waals surface area (Å²) in [4.78, 5) is 36.2. The van der Waals surface area contributed by atoms with E-state index in [-0.39, 0.29) is 34.7 Å². The molecular formula is C25H36O5. The van der Waals surface area contributed by atoms with Gasteiger partial charge in [-0.1, -0.05) is 25.5 Å². The van der Waals surface area contributed by atoms with Gasteiger partial charge in [0.1, 0.15) is 6.10 Å². The van der Waals surface area contributed by atoms with E-state index in [1.54, 1.807) is 6.92 Å². The van der Waals surface area contributed by atoms with Crippen molar-refractivity contribution in [3.63, 3.8) is 0 Å². The maximum absolute atomic E-state index is 12.8. The molecule has 7 atom stereocenters. The maximum atomic E-state index is 12.8. The molecule has 0 aromatic heterocycles. The molecule has 4 aliphatic carbocycles. The zero-order valence-corrected chi connectivity index (χ0v) is 19.1. The highest BCUT2D eigenvalue weighted by molar-refractivity contribution is 5.89. The molecule has 5 heteroatoms. The first kappa shape index (κ1) is 21.6. The van der Waals surface area contributed by atoms with Crippen LogP contribution >= 0.6 is 0 Å². The fourth-order valence-corrected chi connectivity index (χ4v) is 8.02. The van der Waals surface area contributed by atoms with Crippen molar-refractivity contribution in [3.8, 4) is 0 Å². The first-order valence-corrected chi connectivity index (χ1v) is 11.6. The number of fused-ring (bicyclic) bond motifs is 5. The van der Waals surface area contributed by atoms with E-state index in [1.807, 2.05) is 0 Å². The lowest BCUT2D eigenvalue weighted by atomic mass is 9.46. The van der Waals surface area contributed by atoms with Gasteiger partial charge in [0.2, 0.25) is 0 Å². The number of rotatable bonds is 3. The molecule has 166 valence electrons. The molecule has 0 amide bonds. The van der Waals surface area contributed by atoms with E-state index in [2.05, 4.69) is 19.9 Å². The van der Waals surface area contributed by atoms with Crippen LogP contribution in [0.15, 0.2) is 11.6 Å². The minimum atomic E-state index is -0.966. The number of carbonyl (C=O) groups is 3. The standard InChI is InChI=1S/C25H36O5/c1-15(26)25(30-17(3)28)13-10-22-20-7-6-18-14-19(29-16(2)27)8-11-23(18,4)21(20)9-12-24(22,25)5/h6,19-22H,7-14H2,1-5H3/t19-,20-,21+,22+,23+,24+,25-/m1/s1. The van der Waals surface area contributed by atoms with E-state index >= 15 is 0 Å². The van der Waals surface area contributed by atoms with Gasteiger partial charge in [0.15, 0.2) is 11.4 Å². The molecule has 0 N–H and O–H groups in total. The quantitative estimate of drug-likeness (QED) is 0.489. The fourth-order valence-electron chi connectivity index (χ4n) is 8.02. The first-order valence-electron chi connectivity index (χ1n) is 11.6. The minimum absolute atomic E-state index is 0.00120. The monoisotopic (exact) mass is 416 g/mol. The van der Waals surface area contributed by atoms with Gasteiger partial charge in [-0.25, -0.2) is 0 Å². The Morgan fingerprint density at radius 2 is 1.63 bits per heavy atom. The number of ketones is 1.